The molecule has 5 heteroatoms. The second kappa shape index (κ2) is 6.63. The Hall–Kier alpha value is -1.36. The van der Waals surface area contributed by atoms with Crippen molar-refractivity contribution in [2.24, 2.45) is 22.4 Å². The quantitative estimate of drug-likeness (QED) is 0.844. The molecule has 1 fully saturated rings. The van der Waals surface area contributed by atoms with Crippen LogP contribution >= 0.6 is 0 Å². The van der Waals surface area contributed by atoms with Crippen LogP contribution in [0, 0.1) is 24.2 Å². The monoisotopic (exact) mass is 336 g/mol. The maximum absolute atomic E-state index is 12.3. The zero-order valence-corrected chi connectivity index (χ0v) is 15.6. The van der Waals surface area contributed by atoms with E-state index >= 15 is 0 Å². The van der Waals surface area contributed by atoms with Crippen LogP contribution in [0.5, 0.6) is 0 Å². The summed E-state index contributed by atoms with van der Waals surface area (Å²) in [4.78, 5) is 2.66. The predicted molar refractivity (Wildman–Crippen MR) is 94.9 cm³/mol. The first-order valence-electron chi connectivity index (χ1n) is 8.24. The number of hydrogen-bond acceptors (Lipinski definition) is 3. The van der Waals surface area contributed by atoms with Crippen LogP contribution in [0.3, 0.4) is 0 Å². The fraction of sp³-hybridized carbons (Fsp3) is 0.611. The first-order chi connectivity index (χ1) is 10.6. The van der Waals surface area contributed by atoms with Gasteiger partial charge < -0.3 is 0 Å². The minimum Gasteiger partial charge on any atom is -0.200 e. The molecular weight excluding hydrogens is 308 g/mol. The predicted octanol–water partition coefficient (Wildman–Crippen LogP) is 4.11. The normalized spacial score (nSPS) is 24.7. The van der Waals surface area contributed by atoms with Crippen LogP contribution in [-0.2, 0) is 10.0 Å². The van der Waals surface area contributed by atoms with Gasteiger partial charge in [0.25, 0.3) is 10.0 Å². The third-order valence-electron chi connectivity index (χ3n) is 4.82. The molecule has 0 unspecified atom stereocenters. The molecule has 1 saturated carbocycles. The molecule has 2 atom stereocenters. The summed E-state index contributed by atoms with van der Waals surface area (Å²) in [6.45, 7) is 10.9. The minimum atomic E-state index is -3.58. The number of hydrazone groups is 1. The molecular formula is C18H28N2O2S. The lowest BCUT2D eigenvalue weighted by Crippen LogP contribution is -2.32. The Morgan fingerprint density at radius 2 is 1.78 bits per heavy atom. The van der Waals surface area contributed by atoms with Crippen LogP contribution in [0.1, 0.15) is 52.5 Å². The summed E-state index contributed by atoms with van der Waals surface area (Å²) in [5, 5.41) is 4.23. The number of benzene rings is 1. The Bertz CT molecular complexity index is 670. The average Bonchev–Trinajstić information content (AvgIpc) is 2.45. The maximum Gasteiger partial charge on any atom is 0.276 e. The van der Waals surface area contributed by atoms with Crippen molar-refractivity contribution in [3.05, 3.63) is 29.8 Å². The third kappa shape index (κ3) is 4.56. The Kier molecular flexibility index (Phi) is 5.19. The van der Waals surface area contributed by atoms with Crippen molar-refractivity contribution in [1.29, 1.82) is 0 Å². The Balaban J connectivity index is 2.07. The highest BCUT2D eigenvalue weighted by Crippen LogP contribution is 2.39. The van der Waals surface area contributed by atoms with Gasteiger partial charge in [0.05, 0.1) is 4.90 Å². The van der Waals surface area contributed by atoms with Gasteiger partial charge in [-0.3, -0.25) is 0 Å². The first kappa shape index (κ1) is 18.0. The van der Waals surface area contributed by atoms with Gasteiger partial charge in [0.15, 0.2) is 0 Å². The molecule has 1 aliphatic rings. The Labute approximate surface area is 140 Å². The summed E-state index contributed by atoms with van der Waals surface area (Å²) in [7, 11) is -3.58. The van der Waals surface area contributed by atoms with E-state index in [0.29, 0.717) is 17.3 Å². The Morgan fingerprint density at radius 3 is 2.30 bits per heavy atom. The SMILES string of the molecule is Cc1ccc(S(=O)(=O)N/N=C2/CC[C@@H](C(C)(C)C)C[C@@H]2C)cc1. The van der Waals surface area contributed by atoms with Crippen LogP contribution in [0.15, 0.2) is 34.3 Å². The fourth-order valence-corrected chi connectivity index (χ4v) is 3.93. The van der Waals surface area contributed by atoms with Gasteiger partial charge in [0.2, 0.25) is 0 Å². The van der Waals surface area contributed by atoms with Crippen LogP contribution in [-0.4, -0.2) is 14.1 Å². The number of hydrogen-bond donors (Lipinski definition) is 1. The van der Waals surface area contributed by atoms with E-state index in [1.807, 2.05) is 6.92 Å². The van der Waals surface area contributed by atoms with Gasteiger partial charge in [-0.25, -0.2) is 4.83 Å². The number of rotatable bonds is 3. The summed E-state index contributed by atoms with van der Waals surface area (Å²) >= 11 is 0. The summed E-state index contributed by atoms with van der Waals surface area (Å²) < 4.78 is 24.6. The van der Waals surface area contributed by atoms with E-state index in [1.54, 1.807) is 24.3 Å². The van der Waals surface area contributed by atoms with Gasteiger partial charge in [-0.1, -0.05) is 45.4 Å². The largest absolute Gasteiger partial charge is 0.276 e. The minimum absolute atomic E-state index is 0.253. The van der Waals surface area contributed by atoms with Gasteiger partial charge in [-0.15, -0.1) is 0 Å². The van der Waals surface area contributed by atoms with E-state index in [-0.39, 0.29) is 4.90 Å². The lowest BCUT2D eigenvalue weighted by Gasteiger charge is -2.37. The number of nitrogens with one attached hydrogen (secondary N) is 1. The van der Waals surface area contributed by atoms with Gasteiger partial charge in [0, 0.05) is 5.71 Å². The van der Waals surface area contributed by atoms with Crippen LogP contribution in [0.4, 0.5) is 0 Å². The van der Waals surface area contributed by atoms with E-state index in [1.165, 1.54) is 0 Å². The fourth-order valence-electron chi connectivity index (χ4n) is 3.09. The smallest absolute Gasteiger partial charge is 0.200 e. The maximum atomic E-state index is 12.3. The molecule has 0 saturated heterocycles. The van der Waals surface area contributed by atoms with Crippen molar-refractivity contribution in [3.8, 4) is 0 Å². The van der Waals surface area contributed by atoms with E-state index in [4.69, 9.17) is 0 Å². The van der Waals surface area contributed by atoms with Gasteiger partial charge in [-0.2, -0.15) is 13.5 Å². The van der Waals surface area contributed by atoms with E-state index in [2.05, 4.69) is 37.6 Å². The lowest BCUT2D eigenvalue weighted by atomic mass is 9.69. The number of sulfonamides is 1. The van der Waals surface area contributed by atoms with Crippen molar-refractivity contribution in [1.82, 2.24) is 4.83 Å². The third-order valence-corrected chi connectivity index (χ3v) is 6.05. The van der Waals surface area contributed by atoms with Crippen LogP contribution < -0.4 is 4.83 Å². The zero-order valence-electron chi connectivity index (χ0n) is 14.8. The molecule has 0 radical (unpaired) electrons. The molecule has 0 spiro atoms. The van der Waals surface area contributed by atoms with E-state index < -0.39 is 10.0 Å². The van der Waals surface area contributed by atoms with Crippen LogP contribution in [0.2, 0.25) is 0 Å². The van der Waals surface area contributed by atoms with Crippen molar-refractivity contribution in [2.75, 3.05) is 0 Å². The van der Waals surface area contributed by atoms with E-state index in [0.717, 1.165) is 30.5 Å². The summed E-state index contributed by atoms with van der Waals surface area (Å²) in [5.74, 6) is 0.971. The van der Waals surface area contributed by atoms with Crippen molar-refractivity contribution in [3.63, 3.8) is 0 Å². The topological polar surface area (TPSA) is 58.5 Å². The van der Waals surface area contributed by atoms with Gasteiger partial charge >= 0.3 is 0 Å². The molecule has 1 aromatic rings. The molecule has 1 aliphatic carbocycles. The molecule has 23 heavy (non-hydrogen) atoms. The summed E-state index contributed by atoms with van der Waals surface area (Å²) in [5.41, 5.74) is 2.28. The Morgan fingerprint density at radius 1 is 1.17 bits per heavy atom. The molecule has 0 heterocycles. The van der Waals surface area contributed by atoms with Gasteiger partial charge in [0.1, 0.15) is 0 Å². The summed E-state index contributed by atoms with van der Waals surface area (Å²) in [6, 6.07) is 6.80. The van der Waals surface area contributed by atoms with Gasteiger partial charge in [-0.05, 0) is 55.6 Å². The molecule has 0 amide bonds. The molecule has 0 aromatic heterocycles. The highest BCUT2D eigenvalue weighted by Gasteiger charge is 2.32. The molecule has 4 nitrogen and oxygen atoms in total. The molecule has 128 valence electrons. The number of nitrogens with zero attached hydrogens (tertiary/aromatic N) is 1. The highest BCUT2D eigenvalue weighted by molar-refractivity contribution is 7.89. The molecule has 0 bridgehead atoms. The van der Waals surface area contributed by atoms with E-state index in [9.17, 15) is 8.42 Å². The molecule has 1 aromatic carbocycles. The van der Waals surface area contributed by atoms with Crippen molar-refractivity contribution in [2.45, 2.75) is 58.8 Å². The second-order valence-electron chi connectivity index (χ2n) is 7.75. The average molecular weight is 337 g/mol. The highest BCUT2D eigenvalue weighted by atomic mass is 32.2. The van der Waals surface area contributed by atoms with Crippen molar-refractivity contribution >= 4 is 15.7 Å². The summed E-state index contributed by atoms with van der Waals surface area (Å²) in [6.07, 6.45) is 2.99. The first-order valence-corrected chi connectivity index (χ1v) is 9.73. The zero-order chi connectivity index (χ0) is 17.3. The lowest BCUT2D eigenvalue weighted by molar-refractivity contribution is 0.190. The number of aryl methyl sites for hydroxylation is 1. The second-order valence-corrected chi connectivity index (χ2v) is 9.41. The molecule has 2 rings (SSSR count). The molecule has 1 N–H and O–H groups in total. The van der Waals surface area contributed by atoms with Crippen LogP contribution in [0.25, 0.3) is 0 Å². The molecule has 0 aliphatic heterocycles. The standard InChI is InChI=1S/C18H28N2O2S/c1-13-6-9-16(10-7-13)23(21,22)20-19-17-11-8-15(12-14(17)2)18(3,4)5/h6-7,9-10,14-15,20H,8,11-12H2,1-5H3/b19-17-/t14-,15+/m0/s1. The van der Waals surface area contributed by atoms with Crippen molar-refractivity contribution < 1.29 is 8.42 Å².